The molecule has 0 spiro atoms. The lowest BCUT2D eigenvalue weighted by atomic mass is 10.2. The van der Waals surface area contributed by atoms with Crippen LogP contribution in [0.15, 0.2) is 39.9 Å². The largest absolute Gasteiger partial charge is 0.451 e. The molecule has 2 heterocycles. The highest BCUT2D eigenvalue weighted by atomic mass is 32.2. The van der Waals surface area contributed by atoms with E-state index in [4.69, 9.17) is 4.42 Å². The second-order valence-corrected chi connectivity index (χ2v) is 5.46. The van der Waals surface area contributed by atoms with Gasteiger partial charge in [-0.1, -0.05) is 30.0 Å². The molecule has 0 aliphatic rings. The predicted octanol–water partition coefficient (Wildman–Crippen LogP) is 3.18. The first-order valence-corrected chi connectivity index (χ1v) is 7.41. The van der Waals surface area contributed by atoms with Crippen LogP contribution in [0.4, 0.5) is 13.2 Å². The molecule has 0 aliphatic carbocycles. The van der Waals surface area contributed by atoms with E-state index in [1.807, 2.05) is 30.3 Å². The van der Waals surface area contributed by atoms with Crippen molar-refractivity contribution in [3.05, 3.63) is 42.0 Å². The van der Waals surface area contributed by atoms with Crippen LogP contribution in [-0.4, -0.2) is 25.0 Å². The summed E-state index contributed by atoms with van der Waals surface area (Å²) < 4.78 is 44.3. The smallest absolute Gasteiger partial charge is 0.420 e. The Labute approximate surface area is 132 Å². The van der Waals surface area contributed by atoms with Crippen LogP contribution in [0.2, 0.25) is 0 Å². The highest BCUT2D eigenvalue weighted by Gasteiger charge is 2.37. The molecule has 3 aromatic rings. The lowest BCUT2D eigenvalue weighted by Gasteiger charge is -2.05. The van der Waals surface area contributed by atoms with Gasteiger partial charge in [0.25, 0.3) is 0 Å². The van der Waals surface area contributed by atoms with Crippen molar-refractivity contribution in [2.45, 2.75) is 17.1 Å². The molecule has 1 aromatic carbocycles. The van der Waals surface area contributed by atoms with Crippen molar-refractivity contribution >= 4 is 11.8 Å². The zero-order valence-electron chi connectivity index (χ0n) is 11.8. The van der Waals surface area contributed by atoms with Gasteiger partial charge in [-0.15, -0.1) is 20.4 Å². The van der Waals surface area contributed by atoms with Gasteiger partial charge in [0.1, 0.15) is 0 Å². The van der Waals surface area contributed by atoms with Crippen LogP contribution in [0.3, 0.4) is 0 Å². The molecule has 0 saturated carbocycles. The van der Waals surface area contributed by atoms with Gasteiger partial charge in [-0.25, -0.2) is 0 Å². The van der Waals surface area contributed by atoms with Crippen LogP contribution < -0.4 is 0 Å². The summed E-state index contributed by atoms with van der Waals surface area (Å²) in [6.45, 7) is 0. The first kappa shape index (κ1) is 15.5. The fourth-order valence-corrected chi connectivity index (χ4v) is 2.57. The Morgan fingerprint density at radius 1 is 1.09 bits per heavy atom. The third-order valence-electron chi connectivity index (χ3n) is 2.90. The van der Waals surface area contributed by atoms with E-state index in [-0.39, 0.29) is 10.9 Å². The molecule has 0 radical (unpaired) electrons. The Bertz CT molecular complexity index is 800. The molecule has 0 N–H and O–H groups in total. The molecule has 0 atom stereocenters. The van der Waals surface area contributed by atoms with Gasteiger partial charge >= 0.3 is 6.18 Å². The molecule has 0 amide bonds. The fourth-order valence-electron chi connectivity index (χ4n) is 1.82. The van der Waals surface area contributed by atoms with Gasteiger partial charge in [0, 0.05) is 12.6 Å². The number of halogens is 3. The summed E-state index contributed by atoms with van der Waals surface area (Å²) in [5, 5.41) is 14.6. The Kier molecular flexibility index (Phi) is 4.07. The summed E-state index contributed by atoms with van der Waals surface area (Å²) in [5.41, 5.74) is 0.772. The number of aromatic nitrogens is 5. The maximum Gasteiger partial charge on any atom is 0.451 e. The quantitative estimate of drug-likeness (QED) is 0.679. The van der Waals surface area contributed by atoms with Crippen LogP contribution >= 0.6 is 11.8 Å². The van der Waals surface area contributed by atoms with E-state index in [2.05, 4.69) is 20.4 Å². The zero-order valence-corrected chi connectivity index (χ0v) is 12.6. The summed E-state index contributed by atoms with van der Waals surface area (Å²) in [5.74, 6) is -0.194. The average Bonchev–Trinajstić information content (AvgIpc) is 3.12. The monoisotopic (exact) mass is 341 g/mol. The Morgan fingerprint density at radius 2 is 1.83 bits per heavy atom. The molecule has 10 heteroatoms. The molecule has 0 fully saturated rings. The normalized spacial score (nSPS) is 11.8. The first-order valence-electron chi connectivity index (χ1n) is 6.42. The van der Waals surface area contributed by atoms with Crippen molar-refractivity contribution in [3.63, 3.8) is 0 Å². The minimum absolute atomic E-state index is 0.122. The van der Waals surface area contributed by atoms with E-state index in [9.17, 15) is 13.2 Å². The Morgan fingerprint density at radius 3 is 2.48 bits per heavy atom. The van der Waals surface area contributed by atoms with Crippen LogP contribution in [0, 0.1) is 0 Å². The summed E-state index contributed by atoms with van der Waals surface area (Å²) in [6, 6.07) is 9.19. The van der Waals surface area contributed by atoms with Crippen molar-refractivity contribution in [2.75, 3.05) is 0 Å². The fraction of sp³-hybridized carbons (Fsp3) is 0.231. The maximum atomic E-state index is 12.6. The molecule has 3 rings (SSSR count). The molecule has 120 valence electrons. The average molecular weight is 341 g/mol. The highest BCUT2D eigenvalue weighted by Crippen LogP contribution is 2.30. The third-order valence-corrected chi connectivity index (χ3v) is 3.91. The number of hydrogen-bond acceptors (Lipinski definition) is 6. The van der Waals surface area contributed by atoms with Crippen LogP contribution in [0.25, 0.3) is 11.5 Å². The number of benzene rings is 1. The summed E-state index contributed by atoms with van der Waals surface area (Å²) >= 11 is 1.04. The number of nitrogens with zero attached hydrogens (tertiary/aromatic N) is 5. The van der Waals surface area contributed by atoms with Crippen molar-refractivity contribution in [1.29, 1.82) is 0 Å². The van der Waals surface area contributed by atoms with Crippen LogP contribution in [0.5, 0.6) is 0 Å². The van der Waals surface area contributed by atoms with Gasteiger partial charge in [0.15, 0.2) is 5.16 Å². The number of hydrogen-bond donors (Lipinski definition) is 0. The highest BCUT2D eigenvalue weighted by molar-refractivity contribution is 7.98. The topological polar surface area (TPSA) is 69.6 Å². The standard InChI is InChI=1S/C13H10F3N5OS/c1-21-11(13(14,15)16)19-20-12(21)23-7-9-17-18-10(22-9)8-5-3-2-4-6-8/h2-6H,7H2,1H3. The van der Waals surface area contributed by atoms with Crippen molar-refractivity contribution in [3.8, 4) is 11.5 Å². The summed E-state index contributed by atoms with van der Waals surface area (Å²) in [6.07, 6.45) is -4.54. The number of thioether (sulfide) groups is 1. The van der Waals surface area contributed by atoms with E-state index in [1.54, 1.807) is 0 Å². The second kappa shape index (κ2) is 6.03. The minimum Gasteiger partial charge on any atom is -0.420 e. The van der Waals surface area contributed by atoms with Gasteiger partial charge < -0.3 is 8.98 Å². The van der Waals surface area contributed by atoms with Gasteiger partial charge in [-0.05, 0) is 12.1 Å². The van der Waals surface area contributed by atoms with Crippen molar-refractivity contribution < 1.29 is 17.6 Å². The molecule has 2 aromatic heterocycles. The summed E-state index contributed by atoms with van der Waals surface area (Å²) in [7, 11) is 1.26. The molecule has 23 heavy (non-hydrogen) atoms. The second-order valence-electron chi connectivity index (χ2n) is 4.52. The molecule has 0 unspecified atom stereocenters. The van der Waals surface area contributed by atoms with Gasteiger partial charge in [0.05, 0.1) is 5.75 Å². The lowest BCUT2D eigenvalue weighted by molar-refractivity contribution is -0.147. The molecule has 0 bridgehead atoms. The summed E-state index contributed by atoms with van der Waals surface area (Å²) in [4.78, 5) is 0. The lowest BCUT2D eigenvalue weighted by Crippen LogP contribution is -2.12. The molecule has 6 nitrogen and oxygen atoms in total. The van der Waals surface area contributed by atoms with Crippen molar-refractivity contribution in [2.24, 2.45) is 7.05 Å². The zero-order chi connectivity index (χ0) is 16.4. The van der Waals surface area contributed by atoms with E-state index >= 15 is 0 Å². The van der Waals surface area contributed by atoms with Gasteiger partial charge in [-0.2, -0.15) is 13.2 Å². The molecular formula is C13H10F3N5OS. The maximum absolute atomic E-state index is 12.6. The molecular weight excluding hydrogens is 331 g/mol. The SMILES string of the molecule is Cn1c(SCc2nnc(-c3ccccc3)o2)nnc1C(F)(F)F. The van der Waals surface area contributed by atoms with E-state index in [1.165, 1.54) is 7.05 Å². The number of rotatable bonds is 4. The van der Waals surface area contributed by atoms with E-state index < -0.39 is 12.0 Å². The molecule has 0 aliphatic heterocycles. The van der Waals surface area contributed by atoms with Crippen LogP contribution in [-0.2, 0) is 19.0 Å². The third kappa shape index (κ3) is 3.36. The number of alkyl halides is 3. The van der Waals surface area contributed by atoms with Crippen LogP contribution in [0.1, 0.15) is 11.7 Å². The minimum atomic E-state index is -4.54. The van der Waals surface area contributed by atoms with E-state index in [0.29, 0.717) is 11.8 Å². The van der Waals surface area contributed by atoms with Crippen molar-refractivity contribution in [1.82, 2.24) is 25.0 Å². The van der Waals surface area contributed by atoms with Gasteiger partial charge in [-0.3, -0.25) is 0 Å². The first-order chi connectivity index (χ1) is 10.9. The Balaban J connectivity index is 1.70. The van der Waals surface area contributed by atoms with E-state index in [0.717, 1.165) is 21.9 Å². The molecule has 0 saturated heterocycles. The Hall–Kier alpha value is -2.36. The van der Waals surface area contributed by atoms with Gasteiger partial charge in [0.2, 0.25) is 17.6 Å². The predicted molar refractivity (Wildman–Crippen MR) is 75.3 cm³/mol.